The van der Waals surface area contributed by atoms with Crippen molar-refractivity contribution in [1.82, 2.24) is 4.90 Å². The molecule has 1 aliphatic heterocycles. The minimum Gasteiger partial charge on any atom is -0.384 e. The largest absolute Gasteiger partial charge is 0.384 e. The van der Waals surface area contributed by atoms with Gasteiger partial charge in [-0.3, -0.25) is 0 Å². The van der Waals surface area contributed by atoms with Gasteiger partial charge in [-0.25, -0.2) is 0 Å². The lowest BCUT2D eigenvalue weighted by molar-refractivity contribution is 0.185. The maximum atomic E-state index is 5.23. The Morgan fingerprint density at radius 2 is 2.00 bits per heavy atom. The van der Waals surface area contributed by atoms with Crippen LogP contribution < -0.4 is 5.32 Å². The molecule has 1 N–H and O–H groups in total. The fourth-order valence-electron chi connectivity index (χ4n) is 2.49. The van der Waals surface area contributed by atoms with Crippen LogP contribution in [0.25, 0.3) is 0 Å². The van der Waals surface area contributed by atoms with Gasteiger partial charge >= 0.3 is 0 Å². The molecule has 3 nitrogen and oxygen atoms in total. The van der Waals surface area contributed by atoms with Crippen LogP contribution in [-0.2, 0) is 11.3 Å². The van der Waals surface area contributed by atoms with Crippen LogP contribution in [0.1, 0.15) is 18.4 Å². The number of benzene rings is 1. The first-order chi connectivity index (χ1) is 8.79. The van der Waals surface area contributed by atoms with Gasteiger partial charge in [0.25, 0.3) is 0 Å². The molecule has 0 bridgehead atoms. The lowest BCUT2D eigenvalue weighted by Gasteiger charge is -2.29. The van der Waals surface area contributed by atoms with E-state index in [-0.39, 0.29) is 0 Å². The van der Waals surface area contributed by atoms with Crippen LogP contribution >= 0.6 is 0 Å². The summed E-state index contributed by atoms with van der Waals surface area (Å²) in [5.74, 6) is 0.803. The molecular formula is C15H24N2O. The molecule has 0 aromatic heterocycles. The number of rotatable bonds is 5. The number of hydrogen-bond donors (Lipinski definition) is 1. The van der Waals surface area contributed by atoms with Crippen LogP contribution in [0.2, 0.25) is 0 Å². The third-order valence-corrected chi connectivity index (χ3v) is 3.74. The van der Waals surface area contributed by atoms with E-state index >= 15 is 0 Å². The quantitative estimate of drug-likeness (QED) is 0.867. The molecule has 1 saturated heterocycles. The highest BCUT2D eigenvalue weighted by molar-refractivity contribution is 5.50. The molecule has 18 heavy (non-hydrogen) atoms. The summed E-state index contributed by atoms with van der Waals surface area (Å²) in [6.07, 6.45) is 2.60. The van der Waals surface area contributed by atoms with E-state index in [2.05, 4.69) is 41.5 Å². The van der Waals surface area contributed by atoms with E-state index in [9.17, 15) is 0 Å². The SMILES string of the molecule is COCc1ccccc1NCC1CCN(C)CC1. The molecule has 1 aliphatic rings. The van der Waals surface area contributed by atoms with Gasteiger partial charge in [0.2, 0.25) is 0 Å². The fourth-order valence-corrected chi connectivity index (χ4v) is 2.49. The Kier molecular flexibility index (Phi) is 5.02. The molecule has 1 aromatic carbocycles. The van der Waals surface area contributed by atoms with Crippen molar-refractivity contribution in [2.24, 2.45) is 5.92 Å². The molecule has 1 heterocycles. The zero-order valence-corrected chi connectivity index (χ0v) is 11.5. The first-order valence-electron chi connectivity index (χ1n) is 6.79. The van der Waals surface area contributed by atoms with Crippen molar-refractivity contribution in [3.63, 3.8) is 0 Å². The monoisotopic (exact) mass is 248 g/mol. The Balaban J connectivity index is 1.86. The number of para-hydroxylation sites is 1. The average molecular weight is 248 g/mol. The van der Waals surface area contributed by atoms with Gasteiger partial charge in [0.05, 0.1) is 6.61 Å². The van der Waals surface area contributed by atoms with E-state index in [1.165, 1.54) is 37.2 Å². The fraction of sp³-hybridized carbons (Fsp3) is 0.600. The summed E-state index contributed by atoms with van der Waals surface area (Å²) in [5.41, 5.74) is 2.46. The molecule has 0 atom stereocenters. The van der Waals surface area contributed by atoms with Crippen molar-refractivity contribution in [2.45, 2.75) is 19.4 Å². The Morgan fingerprint density at radius 1 is 1.28 bits per heavy atom. The van der Waals surface area contributed by atoms with Crippen LogP contribution in [0.15, 0.2) is 24.3 Å². The third kappa shape index (κ3) is 3.72. The van der Waals surface area contributed by atoms with E-state index in [1.807, 2.05) is 0 Å². The molecule has 2 rings (SSSR count). The third-order valence-electron chi connectivity index (χ3n) is 3.74. The number of nitrogens with zero attached hydrogens (tertiary/aromatic N) is 1. The number of methoxy groups -OCH3 is 1. The van der Waals surface area contributed by atoms with E-state index in [0.717, 1.165) is 12.5 Å². The highest BCUT2D eigenvalue weighted by atomic mass is 16.5. The van der Waals surface area contributed by atoms with Gasteiger partial charge < -0.3 is 15.0 Å². The summed E-state index contributed by atoms with van der Waals surface area (Å²) in [4.78, 5) is 2.41. The maximum Gasteiger partial charge on any atom is 0.0733 e. The molecule has 100 valence electrons. The smallest absolute Gasteiger partial charge is 0.0733 e. The summed E-state index contributed by atoms with van der Waals surface area (Å²) in [5, 5.41) is 3.58. The Morgan fingerprint density at radius 3 is 2.72 bits per heavy atom. The molecule has 0 spiro atoms. The predicted octanol–water partition coefficient (Wildman–Crippen LogP) is 2.59. The summed E-state index contributed by atoms with van der Waals surface area (Å²) in [6.45, 7) is 4.21. The molecular weight excluding hydrogens is 224 g/mol. The van der Waals surface area contributed by atoms with Crippen LogP contribution in [0.4, 0.5) is 5.69 Å². The van der Waals surface area contributed by atoms with Crippen LogP contribution in [-0.4, -0.2) is 38.7 Å². The topological polar surface area (TPSA) is 24.5 Å². The molecule has 0 amide bonds. The number of nitrogens with one attached hydrogen (secondary N) is 1. The molecule has 0 unspecified atom stereocenters. The maximum absolute atomic E-state index is 5.23. The standard InChI is InChI=1S/C15H24N2O/c1-17-9-7-13(8-10-17)11-16-15-6-4-3-5-14(15)12-18-2/h3-6,13,16H,7-12H2,1-2H3. The lowest BCUT2D eigenvalue weighted by Crippen LogP contribution is -2.33. The number of ether oxygens (including phenoxy) is 1. The van der Waals surface area contributed by atoms with Gasteiger partial charge in [-0.15, -0.1) is 0 Å². The van der Waals surface area contributed by atoms with Crippen molar-refractivity contribution >= 4 is 5.69 Å². The van der Waals surface area contributed by atoms with Crippen molar-refractivity contribution in [2.75, 3.05) is 39.1 Å². The molecule has 0 radical (unpaired) electrons. The normalized spacial score (nSPS) is 17.9. The minimum absolute atomic E-state index is 0.677. The average Bonchev–Trinajstić information content (AvgIpc) is 2.40. The first-order valence-corrected chi connectivity index (χ1v) is 6.79. The van der Waals surface area contributed by atoms with Crippen molar-refractivity contribution in [1.29, 1.82) is 0 Å². The van der Waals surface area contributed by atoms with Gasteiger partial charge in [0.1, 0.15) is 0 Å². The second kappa shape index (κ2) is 6.76. The number of hydrogen-bond acceptors (Lipinski definition) is 3. The van der Waals surface area contributed by atoms with Gasteiger partial charge in [0, 0.05) is 24.9 Å². The van der Waals surface area contributed by atoms with Crippen molar-refractivity contribution < 1.29 is 4.74 Å². The molecule has 0 saturated carbocycles. The lowest BCUT2D eigenvalue weighted by atomic mass is 9.97. The zero-order chi connectivity index (χ0) is 12.8. The Labute approximate surface area is 110 Å². The van der Waals surface area contributed by atoms with Crippen LogP contribution in [0, 0.1) is 5.92 Å². The highest BCUT2D eigenvalue weighted by Gasteiger charge is 2.16. The van der Waals surface area contributed by atoms with Crippen LogP contribution in [0.3, 0.4) is 0 Å². The Bertz CT molecular complexity index is 359. The molecule has 3 heteroatoms. The van der Waals surface area contributed by atoms with Gasteiger partial charge in [-0.05, 0) is 45.0 Å². The number of likely N-dealkylation sites (tertiary alicyclic amines) is 1. The van der Waals surface area contributed by atoms with Crippen molar-refractivity contribution in [3.05, 3.63) is 29.8 Å². The van der Waals surface area contributed by atoms with Crippen LogP contribution in [0.5, 0.6) is 0 Å². The van der Waals surface area contributed by atoms with E-state index in [4.69, 9.17) is 4.74 Å². The number of anilines is 1. The Hall–Kier alpha value is -1.06. The summed E-state index contributed by atoms with van der Waals surface area (Å²) < 4.78 is 5.23. The second-order valence-corrected chi connectivity index (χ2v) is 5.22. The number of piperidine rings is 1. The van der Waals surface area contributed by atoms with E-state index < -0.39 is 0 Å². The first kappa shape index (κ1) is 13.4. The van der Waals surface area contributed by atoms with Gasteiger partial charge in [0.15, 0.2) is 0 Å². The van der Waals surface area contributed by atoms with E-state index in [0.29, 0.717) is 6.61 Å². The second-order valence-electron chi connectivity index (χ2n) is 5.22. The summed E-state index contributed by atoms with van der Waals surface area (Å²) >= 11 is 0. The van der Waals surface area contributed by atoms with E-state index in [1.54, 1.807) is 7.11 Å². The molecule has 1 fully saturated rings. The highest BCUT2D eigenvalue weighted by Crippen LogP contribution is 2.20. The molecule has 0 aliphatic carbocycles. The minimum atomic E-state index is 0.677. The van der Waals surface area contributed by atoms with Gasteiger partial charge in [-0.1, -0.05) is 18.2 Å². The molecule has 1 aromatic rings. The summed E-state index contributed by atoms with van der Waals surface area (Å²) in [6, 6.07) is 8.41. The summed E-state index contributed by atoms with van der Waals surface area (Å²) in [7, 11) is 3.95. The van der Waals surface area contributed by atoms with Gasteiger partial charge in [-0.2, -0.15) is 0 Å². The zero-order valence-electron chi connectivity index (χ0n) is 11.5. The predicted molar refractivity (Wildman–Crippen MR) is 75.9 cm³/mol. The van der Waals surface area contributed by atoms with Crippen molar-refractivity contribution in [3.8, 4) is 0 Å².